The predicted octanol–water partition coefficient (Wildman–Crippen LogP) is 2.97. The number of Topliss-reactive ketones (excluding diaryl/α,β-unsaturated/α-hetero) is 1. The van der Waals surface area contributed by atoms with Gasteiger partial charge in [0.05, 0.1) is 12.8 Å². The van der Waals surface area contributed by atoms with E-state index in [0.29, 0.717) is 28.8 Å². The summed E-state index contributed by atoms with van der Waals surface area (Å²) in [5.74, 6) is -0.458. The van der Waals surface area contributed by atoms with E-state index in [9.17, 15) is 14.4 Å². The molecule has 2 aromatic heterocycles. The number of hydrogen-bond acceptors (Lipinski definition) is 8. The molecule has 0 spiro atoms. The third-order valence-corrected chi connectivity index (χ3v) is 4.97. The van der Waals surface area contributed by atoms with Crippen molar-refractivity contribution in [1.82, 2.24) is 19.7 Å². The van der Waals surface area contributed by atoms with Crippen LogP contribution in [0.3, 0.4) is 0 Å². The molecule has 0 amide bonds. The van der Waals surface area contributed by atoms with Crippen LogP contribution in [-0.2, 0) is 7.05 Å². The summed E-state index contributed by atoms with van der Waals surface area (Å²) in [6.07, 6.45) is 1.26. The van der Waals surface area contributed by atoms with Gasteiger partial charge in [-0.05, 0) is 31.5 Å². The van der Waals surface area contributed by atoms with Crippen molar-refractivity contribution in [2.45, 2.75) is 25.9 Å². The normalized spacial score (nSPS) is 16.2. The SMILES string of the molecule is CC1Oc2nc(cnc2N)-c2c(nn(C)c2C#N)OCCCC(=O)c2ccc(F)cc21. The number of aromatic nitrogens is 4. The molecule has 3 heterocycles. The maximum atomic E-state index is 13.9. The Kier molecular flexibility index (Phi) is 5.25. The van der Waals surface area contributed by atoms with Crippen molar-refractivity contribution in [3.8, 4) is 29.1 Å². The zero-order valence-electron chi connectivity index (χ0n) is 16.9. The number of nitrogen functional groups attached to an aromatic ring is 1. The van der Waals surface area contributed by atoms with Crippen LogP contribution in [0.4, 0.5) is 10.2 Å². The lowest BCUT2D eigenvalue weighted by Crippen LogP contribution is -2.14. The molecule has 1 aliphatic rings. The number of carbonyl (C=O) groups excluding carboxylic acids is 1. The largest absolute Gasteiger partial charge is 0.476 e. The van der Waals surface area contributed by atoms with Crippen molar-refractivity contribution < 1.29 is 18.7 Å². The molecule has 158 valence electrons. The highest BCUT2D eigenvalue weighted by Gasteiger charge is 2.25. The Labute approximate surface area is 177 Å². The number of rotatable bonds is 0. The highest BCUT2D eigenvalue weighted by Crippen LogP contribution is 2.35. The van der Waals surface area contributed by atoms with Gasteiger partial charge in [-0.25, -0.2) is 14.4 Å². The Balaban J connectivity index is 1.87. The number of ether oxygens (including phenoxy) is 2. The summed E-state index contributed by atoms with van der Waals surface area (Å²) in [6, 6.07) is 6.03. The van der Waals surface area contributed by atoms with Crippen LogP contribution in [0.15, 0.2) is 24.4 Å². The summed E-state index contributed by atoms with van der Waals surface area (Å²) in [4.78, 5) is 21.3. The Morgan fingerprint density at radius 2 is 2.16 bits per heavy atom. The van der Waals surface area contributed by atoms with E-state index in [2.05, 4.69) is 21.1 Å². The zero-order valence-corrected chi connectivity index (χ0v) is 16.9. The van der Waals surface area contributed by atoms with Gasteiger partial charge in [0.15, 0.2) is 17.3 Å². The fourth-order valence-electron chi connectivity index (χ4n) is 3.44. The molecule has 2 N–H and O–H groups in total. The van der Waals surface area contributed by atoms with E-state index in [1.807, 2.05) is 0 Å². The van der Waals surface area contributed by atoms with Crippen LogP contribution < -0.4 is 15.2 Å². The fourth-order valence-corrected chi connectivity index (χ4v) is 3.44. The minimum Gasteiger partial charge on any atom is -0.476 e. The molecule has 0 radical (unpaired) electrons. The number of fused-ring (bicyclic) bond motifs is 5. The lowest BCUT2D eigenvalue weighted by Gasteiger charge is -2.19. The van der Waals surface area contributed by atoms with E-state index >= 15 is 0 Å². The van der Waals surface area contributed by atoms with Gasteiger partial charge in [-0.3, -0.25) is 9.48 Å². The first-order chi connectivity index (χ1) is 14.9. The summed E-state index contributed by atoms with van der Waals surface area (Å²) >= 11 is 0. The van der Waals surface area contributed by atoms with Crippen LogP contribution in [0.2, 0.25) is 0 Å². The Hall–Kier alpha value is -4.00. The van der Waals surface area contributed by atoms with Gasteiger partial charge >= 0.3 is 0 Å². The molecule has 3 aromatic rings. The third-order valence-electron chi connectivity index (χ3n) is 4.97. The van der Waals surface area contributed by atoms with E-state index in [4.69, 9.17) is 15.2 Å². The van der Waals surface area contributed by atoms with E-state index in [-0.39, 0.29) is 42.1 Å². The standard InChI is InChI=1S/C21H19FN6O3/c1-11-14-8-12(22)5-6-13(14)17(29)4-3-7-30-20-18(16(9-23)28(2)27-20)15-10-25-19(24)21(26-15)31-11/h5-6,8,10-11H,3-4,7H2,1-2H3,(H2,24,25). The van der Waals surface area contributed by atoms with E-state index in [1.54, 1.807) is 14.0 Å². The van der Waals surface area contributed by atoms with Crippen LogP contribution in [0.1, 0.15) is 47.5 Å². The number of nitrogens with zero attached hydrogens (tertiary/aromatic N) is 5. The summed E-state index contributed by atoms with van der Waals surface area (Å²) < 4.78 is 27.0. The molecule has 1 atom stereocenters. The second-order valence-corrected chi connectivity index (χ2v) is 7.08. The topological polar surface area (TPSA) is 129 Å². The predicted molar refractivity (Wildman–Crippen MR) is 108 cm³/mol. The van der Waals surface area contributed by atoms with Crippen molar-refractivity contribution in [1.29, 1.82) is 5.26 Å². The van der Waals surface area contributed by atoms with Crippen molar-refractivity contribution in [3.05, 3.63) is 47.0 Å². The maximum Gasteiger partial charge on any atom is 0.258 e. The zero-order chi connectivity index (χ0) is 22.1. The number of carbonyl (C=O) groups is 1. The lowest BCUT2D eigenvalue weighted by molar-refractivity contribution is 0.0968. The number of aryl methyl sites for hydroxylation is 1. The monoisotopic (exact) mass is 422 g/mol. The summed E-state index contributed by atoms with van der Waals surface area (Å²) in [7, 11) is 1.61. The number of benzene rings is 1. The molecule has 0 saturated heterocycles. The number of anilines is 1. The number of hydrogen-bond donors (Lipinski definition) is 1. The molecule has 0 saturated carbocycles. The van der Waals surface area contributed by atoms with Crippen LogP contribution in [-0.4, -0.2) is 32.1 Å². The van der Waals surface area contributed by atoms with Gasteiger partial charge < -0.3 is 15.2 Å². The average molecular weight is 422 g/mol. The second-order valence-electron chi connectivity index (χ2n) is 7.08. The Bertz CT molecular complexity index is 1220. The first kappa shape index (κ1) is 20.3. The molecule has 4 rings (SSSR count). The minimum absolute atomic E-state index is 0.0107. The molecule has 10 heteroatoms. The van der Waals surface area contributed by atoms with Gasteiger partial charge in [-0.2, -0.15) is 5.26 Å². The van der Waals surface area contributed by atoms with Gasteiger partial charge in [-0.15, -0.1) is 5.10 Å². The first-order valence-corrected chi connectivity index (χ1v) is 9.61. The smallest absolute Gasteiger partial charge is 0.258 e. The summed E-state index contributed by atoms with van der Waals surface area (Å²) in [5.41, 5.74) is 7.56. The molecular weight excluding hydrogens is 403 g/mol. The Morgan fingerprint density at radius 1 is 1.35 bits per heavy atom. The van der Waals surface area contributed by atoms with Crippen LogP contribution in [0.25, 0.3) is 11.3 Å². The van der Waals surface area contributed by atoms with Gasteiger partial charge in [-0.1, -0.05) is 0 Å². The summed E-state index contributed by atoms with van der Waals surface area (Å²) in [5, 5.41) is 13.8. The Morgan fingerprint density at radius 3 is 2.94 bits per heavy atom. The van der Waals surface area contributed by atoms with E-state index in [1.165, 1.54) is 29.1 Å². The van der Waals surface area contributed by atoms with Crippen LogP contribution in [0, 0.1) is 17.1 Å². The number of ketones is 1. The number of nitriles is 1. The van der Waals surface area contributed by atoms with Gasteiger partial charge in [0.1, 0.15) is 29.2 Å². The van der Waals surface area contributed by atoms with Crippen molar-refractivity contribution in [3.63, 3.8) is 0 Å². The molecule has 1 aromatic carbocycles. The second kappa shape index (κ2) is 8.02. The van der Waals surface area contributed by atoms with E-state index < -0.39 is 11.9 Å². The number of halogens is 1. The molecular formula is C21H19FN6O3. The van der Waals surface area contributed by atoms with Gasteiger partial charge in [0, 0.05) is 24.6 Å². The van der Waals surface area contributed by atoms with Crippen LogP contribution in [0.5, 0.6) is 11.8 Å². The third kappa shape index (κ3) is 3.77. The molecule has 2 bridgehead atoms. The number of nitrogens with two attached hydrogens (primary N) is 1. The van der Waals surface area contributed by atoms with Crippen LogP contribution >= 0.6 is 0 Å². The molecule has 9 nitrogen and oxygen atoms in total. The molecule has 0 fully saturated rings. The first-order valence-electron chi connectivity index (χ1n) is 9.61. The quantitative estimate of drug-likeness (QED) is 0.585. The highest BCUT2D eigenvalue weighted by atomic mass is 19.1. The van der Waals surface area contributed by atoms with Gasteiger partial charge in [0.2, 0.25) is 5.88 Å². The van der Waals surface area contributed by atoms with Crippen molar-refractivity contribution in [2.75, 3.05) is 12.3 Å². The van der Waals surface area contributed by atoms with Crippen molar-refractivity contribution >= 4 is 11.6 Å². The van der Waals surface area contributed by atoms with Crippen molar-refractivity contribution in [2.24, 2.45) is 7.05 Å². The molecule has 1 aliphatic heterocycles. The van der Waals surface area contributed by atoms with E-state index in [0.717, 1.165) is 0 Å². The van der Waals surface area contributed by atoms with Gasteiger partial charge in [0.25, 0.3) is 5.88 Å². The highest BCUT2D eigenvalue weighted by molar-refractivity contribution is 5.97. The fraction of sp³-hybridized carbons (Fsp3) is 0.286. The average Bonchev–Trinajstić information content (AvgIpc) is 3.07. The summed E-state index contributed by atoms with van der Waals surface area (Å²) in [6.45, 7) is 1.86. The maximum absolute atomic E-state index is 13.9. The lowest BCUT2D eigenvalue weighted by atomic mass is 9.97. The molecule has 1 unspecified atom stereocenters. The minimum atomic E-state index is -0.732. The molecule has 0 aliphatic carbocycles. The molecule has 31 heavy (non-hydrogen) atoms.